The van der Waals surface area contributed by atoms with E-state index in [1.54, 1.807) is 0 Å². The molecule has 0 saturated carbocycles. The van der Waals surface area contributed by atoms with Crippen LogP contribution in [0.3, 0.4) is 0 Å². The van der Waals surface area contributed by atoms with Gasteiger partial charge in [0.1, 0.15) is 11.5 Å². The Morgan fingerprint density at radius 3 is 2.29 bits per heavy atom. The monoisotopic (exact) mass is 295 g/mol. The first-order chi connectivity index (χ1) is 9.85. The molecule has 0 aliphatic rings. The van der Waals surface area contributed by atoms with Gasteiger partial charge in [-0.3, -0.25) is 4.90 Å². The molecule has 0 radical (unpaired) electrons. The van der Waals surface area contributed by atoms with Gasteiger partial charge in [-0.15, -0.1) is 0 Å². The molecule has 1 aromatic heterocycles. The van der Waals surface area contributed by atoms with Crippen LogP contribution in [0, 0.1) is 12.8 Å². The van der Waals surface area contributed by atoms with Gasteiger partial charge in [-0.2, -0.15) is 0 Å². The fraction of sp³-hybridized carbons (Fsp3) is 0.765. The fourth-order valence-corrected chi connectivity index (χ4v) is 2.64. The van der Waals surface area contributed by atoms with Gasteiger partial charge in [0.2, 0.25) is 0 Å². The van der Waals surface area contributed by atoms with E-state index < -0.39 is 0 Å². The SMILES string of the molecule is CCC(N)C(c1ccc(C)o1)N(CCN(C)C)CC(C)C. The summed E-state index contributed by atoms with van der Waals surface area (Å²) in [5.74, 6) is 2.56. The molecule has 2 atom stereocenters. The molecule has 0 aliphatic heterocycles. The highest BCUT2D eigenvalue weighted by Crippen LogP contribution is 2.27. The van der Waals surface area contributed by atoms with Crippen LogP contribution >= 0.6 is 0 Å². The first-order valence-electron chi connectivity index (χ1n) is 8.05. The van der Waals surface area contributed by atoms with E-state index in [1.165, 1.54) is 0 Å². The highest BCUT2D eigenvalue weighted by molar-refractivity contribution is 5.12. The van der Waals surface area contributed by atoms with Crippen molar-refractivity contribution in [1.29, 1.82) is 0 Å². The summed E-state index contributed by atoms with van der Waals surface area (Å²) >= 11 is 0. The number of hydrogen-bond donors (Lipinski definition) is 1. The molecule has 0 fully saturated rings. The van der Waals surface area contributed by atoms with Crippen molar-refractivity contribution < 1.29 is 4.42 Å². The highest BCUT2D eigenvalue weighted by atomic mass is 16.3. The second kappa shape index (κ2) is 8.57. The van der Waals surface area contributed by atoms with Gasteiger partial charge in [0.15, 0.2) is 0 Å². The van der Waals surface area contributed by atoms with E-state index in [1.807, 2.05) is 13.0 Å². The van der Waals surface area contributed by atoms with Crippen LogP contribution in [0.1, 0.15) is 44.8 Å². The van der Waals surface area contributed by atoms with E-state index in [2.05, 4.69) is 50.7 Å². The predicted octanol–water partition coefficient (Wildman–Crippen LogP) is 2.89. The summed E-state index contributed by atoms with van der Waals surface area (Å²) in [6.45, 7) is 11.7. The van der Waals surface area contributed by atoms with Gasteiger partial charge in [0.05, 0.1) is 6.04 Å². The van der Waals surface area contributed by atoms with E-state index in [0.29, 0.717) is 5.92 Å². The third-order valence-corrected chi connectivity index (χ3v) is 3.76. The van der Waals surface area contributed by atoms with Gasteiger partial charge in [-0.05, 0) is 45.5 Å². The van der Waals surface area contributed by atoms with E-state index in [9.17, 15) is 0 Å². The van der Waals surface area contributed by atoms with E-state index in [4.69, 9.17) is 10.2 Å². The van der Waals surface area contributed by atoms with Crippen molar-refractivity contribution in [1.82, 2.24) is 9.80 Å². The zero-order chi connectivity index (χ0) is 16.0. The second-order valence-electron chi connectivity index (χ2n) is 6.66. The zero-order valence-corrected chi connectivity index (χ0v) is 14.6. The van der Waals surface area contributed by atoms with Crippen LogP contribution in [0.4, 0.5) is 0 Å². The molecule has 1 aromatic rings. The molecule has 0 aliphatic carbocycles. The van der Waals surface area contributed by atoms with Crippen LogP contribution in [-0.4, -0.2) is 49.6 Å². The average Bonchev–Trinajstić information content (AvgIpc) is 2.81. The lowest BCUT2D eigenvalue weighted by atomic mass is 10.0. The van der Waals surface area contributed by atoms with Crippen molar-refractivity contribution in [3.63, 3.8) is 0 Å². The number of likely N-dealkylation sites (N-methyl/N-ethyl adjacent to an activating group) is 1. The molecule has 0 amide bonds. The van der Waals surface area contributed by atoms with Crippen molar-refractivity contribution in [2.24, 2.45) is 11.7 Å². The van der Waals surface area contributed by atoms with Crippen molar-refractivity contribution >= 4 is 0 Å². The van der Waals surface area contributed by atoms with Crippen LogP contribution in [0.5, 0.6) is 0 Å². The summed E-state index contributed by atoms with van der Waals surface area (Å²) in [7, 11) is 4.22. The molecular weight excluding hydrogens is 262 g/mol. The van der Waals surface area contributed by atoms with Gasteiger partial charge in [-0.25, -0.2) is 0 Å². The van der Waals surface area contributed by atoms with Crippen LogP contribution in [0.25, 0.3) is 0 Å². The Hall–Kier alpha value is -0.840. The van der Waals surface area contributed by atoms with Gasteiger partial charge >= 0.3 is 0 Å². The number of furan rings is 1. The highest BCUT2D eigenvalue weighted by Gasteiger charge is 2.28. The summed E-state index contributed by atoms with van der Waals surface area (Å²) in [6.07, 6.45) is 0.945. The van der Waals surface area contributed by atoms with Gasteiger partial charge in [0.25, 0.3) is 0 Å². The molecule has 0 bridgehead atoms. The summed E-state index contributed by atoms with van der Waals surface area (Å²) in [5, 5.41) is 0. The lowest BCUT2D eigenvalue weighted by molar-refractivity contribution is 0.121. The minimum absolute atomic E-state index is 0.0939. The number of rotatable bonds is 9. The quantitative estimate of drug-likeness (QED) is 0.761. The topological polar surface area (TPSA) is 45.6 Å². The fourth-order valence-electron chi connectivity index (χ4n) is 2.64. The number of hydrogen-bond acceptors (Lipinski definition) is 4. The molecular formula is C17H33N3O. The molecule has 0 aromatic carbocycles. The largest absolute Gasteiger partial charge is 0.465 e. The van der Waals surface area contributed by atoms with E-state index >= 15 is 0 Å². The lowest BCUT2D eigenvalue weighted by Crippen LogP contribution is -2.44. The minimum atomic E-state index is 0.0939. The minimum Gasteiger partial charge on any atom is -0.465 e. The Morgan fingerprint density at radius 2 is 1.86 bits per heavy atom. The van der Waals surface area contributed by atoms with Crippen LogP contribution in [0.15, 0.2) is 16.5 Å². The van der Waals surface area contributed by atoms with Gasteiger partial charge in [-0.1, -0.05) is 20.8 Å². The standard InChI is InChI=1S/C17H33N3O/c1-7-15(18)17(16-9-8-14(4)21-16)20(12-13(2)3)11-10-19(5)6/h8-9,13,15,17H,7,10-12,18H2,1-6H3. The zero-order valence-electron chi connectivity index (χ0n) is 14.6. The Labute approximate surface area is 130 Å². The summed E-state index contributed by atoms with van der Waals surface area (Å²) < 4.78 is 5.90. The first kappa shape index (κ1) is 18.2. The molecule has 2 N–H and O–H groups in total. The average molecular weight is 295 g/mol. The lowest BCUT2D eigenvalue weighted by Gasteiger charge is -2.35. The van der Waals surface area contributed by atoms with Gasteiger partial charge < -0.3 is 15.1 Å². The third kappa shape index (κ3) is 5.81. The van der Waals surface area contributed by atoms with Crippen molar-refractivity contribution in [2.45, 2.75) is 46.2 Å². The Bertz CT molecular complexity index is 400. The van der Waals surface area contributed by atoms with Crippen LogP contribution in [-0.2, 0) is 0 Å². The molecule has 1 rings (SSSR count). The molecule has 2 unspecified atom stereocenters. The van der Waals surface area contributed by atoms with Crippen molar-refractivity contribution in [2.75, 3.05) is 33.7 Å². The van der Waals surface area contributed by atoms with Crippen LogP contribution in [0.2, 0.25) is 0 Å². The maximum absolute atomic E-state index is 6.43. The predicted molar refractivity (Wildman–Crippen MR) is 89.4 cm³/mol. The third-order valence-electron chi connectivity index (χ3n) is 3.76. The molecule has 4 nitrogen and oxygen atoms in total. The van der Waals surface area contributed by atoms with Crippen LogP contribution < -0.4 is 5.73 Å². The Balaban J connectivity index is 2.98. The van der Waals surface area contributed by atoms with Gasteiger partial charge in [0, 0.05) is 25.7 Å². The molecule has 0 saturated heterocycles. The number of aryl methyl sites for hydroxylation is 1. The second-order valence-corrected chi connectivity index (χ2v) is 6.66. The summed E-state index contributed by atoms with van der Waals surface area (Å²) in [4.78, 5) is 4.70. The normalized spacial score (nSPS) is 15.1. The molecule has 122 valence electrons. The van der Waals surface area contributed by atoms with Crippen molar-refractivity contribution in [3.05, 3.63) is 23.7 Å². The summed E-state index contributed by atoms with van der Waals surface area (Å²) in [6, 6.07) is 4.37. The van der Waals surface area contributed by atoms with Crippen molar-refractivity contribution in [3.8, 4) is 0 Å². The maximum atomic E-state index is 6.43. The summed E-state index contributed by atoms with van der Waals surface area (Å²) in [5.41, 5.74) is 6.43. The molecule has 4 heteroatoms. The number of nitrogens with two attached hydrogens (primary N) is 1. The smallest absolute Gasteiger partial charge is 0.122 e. The molecule has 1 heterocycles. The van der Waals surface area contributed by atoms with E-state index in [-0.39, 0.29) is 12.1 Å². The Morgan fingerprint density at radius 1 is 1.19 bits per heavy atom. The maximum Gasteiger partial charge on any atom is 0.122 e. The Kier molecular flexibility index (Phi) is 7.43. The molecule has 0 spiro atoms. The van der Waals surface area contributed by atoms with E-state index in [0.717, 1.165) is 37.6 Å². The first-order valence-corrected chi connectivity index (χ1v) is 8.05. The molecule has 21 heavy (non-hydrogen) atoms. The number of nitrogens with zero attached hydrogens (tertiary/aromatic N) is 2.